The second-order valence-electron chi connectivity index (χ2n) is 4.25. The predicted octanol–water partition coefficient (Wildman–Crippen LogP) is 2.21. The van der Waals surface area contributed by atoms with Gasteiger partial charge in [0.15, 0.2) is 0 Å². The highest BCUT2D eigenvalue weighted by molar-refractivity contribution is 5.59. The second-order valence-corrected chi connectivity index (χ2v) is 4.25. The number of carbonyl (C=O) groups is 1. The first kappa shape index (κ1) is 12.3. The lowest BCUT2D eigenvalue weighted by atomic mass is 9.93. The first-order valence-corrected chi connectivity index (χ1v) is 5.75. The first-order valence-electron chi connectivity index (χ1n) is 5.75. The van der Waals surface area contributed by atoms with Gasteiger partial charge in [-0.15, -0.1) is 0 Å². The molecule has 2 N–H and O–H groups in total. The SMILES string of the molecule is CCOC(=O)OCC1(N)CCCCCC1. The van der Waals surface area contributed by atoms with E-state index in [0.717, 1.165) is 25.7 Å². The molecule has 0 amide bonds. The third-order valence-corrected chi connectivity index (χ3v) is 2.84. The van der Waals surface area contributed by atoms with E-state index in [0.29, 0.717) is 6.61 Å². The van der Waals surface area contributed by atoms with Gasteiger partial charge in [-0.05, 0) is 19.8 Å². The second kappa shape index (κ2) is 5.95. The summed E-state index contributed by atoms with van der Waals surface area (Å²) in [5.74, 6) is 0. The lowest BCUT2D eigenvalue weighted by Crippen LogP contribution is -2.44. The van der Waals surface area contributed by atoms with Crippen LogP contribution >= 0.6 is 0 Å². The van der Waals surface area contributed by atoms with Crippen LogP contribution in [0.5, 0.6) is 0 Å². The van der Waals surface area contributed by atoms with Gasteiger partial charge in [-0.25, -0.2) is 4.79 Å². The van der Waals surface area contributed by atoms with Gasteiger partial charge in [0.25, 0.3) is 0 Å². The molecule has 1 aliphatic rings. The zero-order valence-corrected chi connectivity index (χ0v) is 9.46. The van der Waals surface area contributed by atoms with Crippen LogP contribution < -0.4 is 5.73 Å². The predicted molar refractivity (Wildman–Crippen MR) is 57.6 cm³/mol. The number of rotatable bonds is 3. The van der Waals surface area contributed by atoms with Crippen LogP contribution in [0.4, 0.5) is 4.79 Å². The van der Waals surface area contributed by atoms with Gasteiger partial charge in [0, 0.05) is 0 Å². The Morgan fingerprint density at radius 1 is 1.20 bits per heavy atom. The summed E-state index contributed by atoms with van der Waals surface area (Å²) in [7, 11) is 0. The van der Waals surface area contributed by atoms with Gasteiger partial charge in [0.2, 0.25) is 0 Å². The van der Waals surface area contributed by atoms with E-state index in [1.165, 1.54) is 12.8 Å². The standard InChI is InChI=1S/C11H21NO3/c1-2-14-10(13)15-9-11(12)7-5-3-4-6-8-11/h2-9,12H2,1H3. The molecule has 4 heteroatoms. The van der Waals surface area contributed by atoms with Crippen LogP contribution in [0.25, 0.3) is 0 Å². The molecule has 0 aromatic heterocycles. The normalized spacial score (nSPS) is 20.4. The van der Waals surface area contributed by atoms with Gasteiger partial charge >= 0.3 is 6.16 Å². The van der Waals surface area contributed by atoms with Crippen molar-refractivity contribution in [1.82, 2.24) is 0 Å². The van der Waals surface area contributed by atoms with Gasteiger partial charge in [-0.1, -0.05) is 25.7 Å². The molecule has 0 spiro atoms. The molecule has 4 nitrogen and oxygen atoms in total. The molecular weight excluding hydrogens is 194 g/mol. The van der Waals surface area contributed by atoms with Crippen LogP contribution in [0.1, 0.15) is 45.4 Å². The average Bonchev–Trinajstić information content (AvgIpc) is 2.42. The minimum Gasteiger partial charge on any atom is -0.435 e. The van der Waals surface area contributed by atoms with Crippen LogP contribution in [0.3, 0.4) is 0 Å². The molecule has 15 heavy (non-hydrogen) atoms. The molecule has 0 bridgehead atoms. The Hall–Kier alpha value is -0.770. The molecule has 88 valence electrons. The Kier molecular flexibility index (Phi) is 4.88. The van der Waals surface area contributed by atoms with Crippen molar-refractivity contribution in [3.05, 3.63) is 0 Å². The molecule has 0 atom stereocenters. The fraction of sp³-hybridized carbons (Fsp3) is 0.909. The van der Waals surface area contributed by atoms with Crippen molar-refractivity contribution >= 4 is 6.16 Å². The number of ether oxygens (including phenoxy) is 2. The van der Waals surface area contributed by atoms with Gasteiger partial charge < -0.3 is 15.2 Å². The monoisotopic (exact) mass is 215 g/mol. The zero-order valence-electron chi connectivity index (χ0n) is 9.46. The Balaban J connectivity index is 2.30. The average molecular weight is 215 g/mol. The van der Waals surface area contributed by atoms with Crippen LogP contribution in [-0.2, 0) is 9.47 Å². The molecule has 0 aliphatic heterocycles. The topological polar surface area (TPSA) is 61.5 Å². The van der Waals surface area contributed by atoms with E-state index in [9.17, 15) is 4.79 Å². The molecule has 1 aliphatic carbocycles. The largest absolute Gasteiger partial charge is 0.508 e. The maximum absolute atomic E-state index is 11.0. The molecule has 0 heterocycles. The van der Waals surface area contributed by atoms with Crippen LogP contribution in [0, 0.1) is 0 Å². The van der Waals surface area contributed by atoms with E-state index in [2.05, 4.69) is 0 Å². The van der Waals surface area contributed by atoms with Crippen molar-refractivity contribution in [1.29, 1.82) is 0 Å². The molecule has 0 unspecified atom stereocenters. The highest BCUT2D eigenvalue weighted by Crippen LogP contribution is 2.25. The van der Waals surface area contributed by atoms with Gasteiger partial charge in [-0.3, -0.25) is 0 Å². The van der Waals surface area contributed by atoms with E-state index in [1.54, 1.807) is 6.92 Å². The van der Waals surface area contributed by atoms with Crippen LogP contribution in [-0.4, -0.2) is 24.9 Å². The molecule has 0 radical (unpaired) electrons. The van der Waals surface area contributed by atoms with Crippen molar-refractivity contribution < 1.29 is 14.3 Å². The van der Waals surface area contributed by atoms with Gasteiger partial charge in [0.05, 0.1) is 12.1 Å². The highest BCUT2D eigenvalue weighted by atomic mass is 16.7. The molecular formula is C11H21NO3. The lowest BCUT2D eigenvalue weighted by Gasteiger charge is -2.26. The van der Waals surface area contributed by atoms with Gasteiger partial charge in [0.1, 0.15) is 6.61 Å². The summed E-state index contributed by atoms with van der Waals surface area (Å²) in [4.78, 5) is 11.0. The molecule has 0 aromatic carbocycles. The zero-order chi connectivity index (χ0) is 11.1. The number of hydrogen-bond donors (Lipinski definition) is 1. The van der Waals surface area contributed by atoms with Crippen LogP contribution in [0.15, 0.2) is 0 Å². The number of hydrogen-bond acceptors (Lipinski definition) is 4. The molecule has 0 saturated heterocycles. The quantitative estimate of drug-likeness (QED) is 0.579. The Bertz CT molecular complexity index is 198. The van der Waals surface area contributed by atoms with Crippen molar-refractivity contribution in [2.24, 2.45) is 5.73 Å². The fourth-order valence-corrected chi connectivity index (χ4v) is 1.94. The van der Waals surface area contributed by atoms with Crippen LogP contribution in [0.2, 0.25) is 0 Å². The summed E-state index contributed by atoms with van der Waals surface area (Å²) in [6.45, 7) is 2.38. The third-order valence-electron chi connectivity index (χ3n) is 2.84. The maximum Gasteiger partial charge on any atom is 0.508 e. The maximum atomic E-state index is 11.0. The lowest BCUT2D eigenvalue weighted by molar-refractivity contribution is 0.0397. The number of nitrogens with two attached hydrogens (primary N) is 1. The van der Waals surface area contributed by atoms with E-state index in [-0.39, 0.29) is 12.1 Å². The minimum absolute atomic E-state index is 0.284. The third kappa shape index (κ3) is 4.51. The summed E-state index contributed by atoms with van der Waals surface area (Å²) in [5.41, 5.74) is 5.84. The summed E-state index contributed by atoms with van der Waals surface area (Å²) in [5, 5.41) is 0. The summed E-state index contributed by atoms with van der Waals surface area (Å²) >= 11 is 0. The van der Waals surface area contributed by atoms with E-state index in [4.69, 9.17) is 15.2 Å². The Labute approximate surface area is 91.1 Å². The Morgan fingerprint density at radius 2 is 1.80 bits per heavy atom. The summed E-state index contributed by atoms with van der Waals surface area (Å²) in [6.07, 6.45) is 5.99. The smallest absolute Gasteiger partial charge is 0.435 e. The molecule has 1 saturated carbocycles. The summed E-state index contributed by atoms with van der Waals surface area (Å²) in [6, 6.07) is 0. The van der Waals surface area contributed by atoms with E-state index in [1.807, 2.05) is 0 Å². The van der Waals surface area contributed by atoms with E-state index >= 15 is 0 Å². The minimum atomic E-state index is -0.605. The first-order chi connectivity index (χ1) is 7.16. The van der Waals surface area contributed by atoms with Gasteiger partial charge in [-0.2, -0.15) is 0 Å². The van der Waals surface area contributed by atoms with Crippen molar-refractivity contribution in [3.8, 4) is 0 Å². The van der Waals surface area contributed by atoms with Crippen molar-refractivity contribution in [3.63, 3.8) is 0 Å². The Morgan fingerprint density at radius 3 is 2.33 bits per heavy atom. The number of carbonyl (C=O) groups excluding carboxylic acids is 1. The fourth-order valence-electron chi connectivity index (χ4n) is 1.94. The van der Waals surface area contributed by atoms with Crippen molar-refractivity contribution in [2.75, 3.05) is 13.2 Å². The highest BCUT2D eigenvalue weighted by Gasteiger charge is 2.28. The summed E-state index contributed by atoms with van der Waals surface area (Å²) < 4.78 is 9.69. The molecule has 1 rings (SSSR count). The van der Waals surface area contributed by atoms with Crippen molar-refractivity contribution in [2.45, 2.75) is 51.0 Å². The molecule has 0 aromatic rings. The molecule has 1 fully saturated rings. The van der Waals surface area contributed by atoms with E-state index < -0.39 is 6.16 Å².